The molecule has 0 aromatic carbocycles. The van der Waals surface area contributed by atoms with Crippen LogP contribution in [0.5, 0.6) is 0 Å². The van der Waals surface area contributed by atoms with Gasteiger partial charge in [0.05, 0.1) is 12.8 Å². The molecule has 2 N–H and O–H groups in total. The second-order valence-corrected chi connectivity index (χ2v) is 4.81. The minimum Gasteiger partial charge on any atom is -0.468 e. The number of nitrogens with two attached hydrogens (primary N) is 1. The van der Waals surface area contributed by atoms with Crippen LogP contribution < -0.4 is 5.73 Å². The number of nitrogens with zero attached hydrogens (tertiary/aromatic N) is 1. The van der Waals surface area contributed by atoms with E-state index in [0.29, 0.717) is 0 Å². The van der Waals surface area contributed by atoms with E-state index in [0.717, 1.165) is 31.3 Å². The van der Waals surface area contributed by atoms with Crippen LogP contribution in [-0.2, 0) is 6.54 Å². The van der Waals surface area contributed by atoms with Crippen LogP contribution >= 0.6 is 0 Å². The van der Waals surface area contributed by atoms with Crippen LogP contribution in [0.3, 0.4) is 0 Å². The third kappa shape index (κ3) is 5.89. The first kappa shape index (κ1) is 14.3. The van der Waals surface area contributed by atoms with Gasteiger partial charge >= 0.3 is 0 Å². The van der Waals surface area contributed by atoms with Crippen molar-refractivity contribution in [1.29, 1.82) is 0 Å². The molecular weight excluding hydrogens is 212 g/mol. The Hall–Kier alpha value is -0.800. The zero-order valence-electron chi connectivity index (χ0n) is 11.2. The highest BCUT2D eigenvalue weighted by atomic mass is 16.3. The normalized spacial score (nSPS) is 13.2. The second-order valence-electron chi connectivity index (χ2n) is 4.81. The third-order valence-electron chi connectivity index (χ3n) is 3.31. The van der Waals surface area contributed by atoms with Crippen molar-refractivity contribution in [2.75, 3.05) is 20.1 Å². The van der Waals surface area contributed by atoms with Gasteiger partial charge in [0.15, 0.2) is 0 Å². The molecule has 0 spiro atoms. The van der Waals surface area contributed by atoms with Crippen LogP contribution in [0, 0.1) is 5.92 Å². The lowest BCUT2D eigenvalue weighted by molar-refractivity contribution is 0.277. The van der Waals surface area contributed by atoms with Crippen molar-refractivity contribution in [2.45, 2.75) is 39.2 Å². The van der Waals surface area contributed by atoms with Gasteiger partial charge in [-0.2, -0.15) is 0 Å². The molecule has 0 fully saturated rings. The molecule has 0 amide bonds. The van der Waals surface area contributed by atoms with E-state index >= 15 is 0 Å². The number of hydrogen-bond acceptors (Lipinski definition) is 3. The van der Waals surface area contributed by atoms with E-state index < -0.39 is 0 Å². The Morgan fingerprint density at radius 3 is 2.82 bits per heavy atom. The van der Waals surface area contributed by atoms with Crippen LogP contribution in [0.4, 0.5) is 0 Å². The van der Waals surface area contributed by atoms with Crippen molar-refractivity contribution in [2.24, 2.45) is 11.7 Å². The summed E-state index contributed by atoms with van der Waals surface area (Å²) in [5.74, 6) is 1.85. The maximum absolute atomic E-state index is 5.60. The van der Waals surface area contributed by atoms with E-state index in [-0.39, 0.29) is 0 Å². The molecule has 3 nitrogen and oxygen atoms in total. The van der Waals surface area contributed by atoms with Gasteiger partial charge in [0.1, 0.15) is 5.76 Å². The molecule has 0 radical (unpaired) electrons. The maximum atomic E-state index is 5.60. The van der Waals surface area contributed by atoms with Gasteiger partial charge in [-0.25, -0.2) is 0 Å². The van der Waals surface area contributed by atoms with Crippen LogP contribution in [0.2, 0.25) is 0 Å². The smallest absolute Gasteiger partial charge is 0.117 e. The number of furan rings is 1. The average Bonchev–Trinajstić information content (AvgIpc) is 2.80. The van der Waals surface area contributed by atoms with Crippen molar-refractivity contribution < 1.29 is 4.42 Å². The first-order valence-corrected chi connectivity index (χ1v) is 6.67. The van der Waals surface area contributed by atoms with E-state index in [4.69, 9.17) is 10.2 Å². The zero-order chi connectivity index (χ0) is 12.5. The molecule has 0 aliphatic heterocycles. The zero-order valence-corrected chi connectivity index (χ0v) is 11.2. The summed E-state index contributed by atoms with van der Waals surface area (Å²) in [7, 11) is 2.15. The lowest BCUT2D eigenvalue weighted by Crippen LogP contribution is -2.19. The molecule has 17 heavy (non-hydrogen) atoms. The van der Waals surface area contributed by atoms with Crippen LogP contribution in [-0.4, -0.2) is 25.0 Å². The fraction of sp³-hybridized carbons (Fsp3) is 0.714. The average molecular weight is 238 g/mol. The minimum atomic E-state index is 0.803. The predicted octanol–water partition coefficient (Wildman–Crippen LogP) is 2.87. The Labute approximate surface area is 105 Å². The molecule has 0 saturated carbocycles. The Balaban J connectivity index is 2.13. The Bertz CT molecular complexity index is 272. The summed E-state index contributed by atoms with van der Waals surface area (Å²) in [6.07, 6.45) is 6.68. The van der Waals surface area contributed by atoms with Crippen molar-refractivity contribution in [3.05, 3.63) is 24.2 Å². The van der Waals surface area contributed by atoms with Crippen LogP contribution in [0.25, 0.3) is 0 Å². The standard InChI is InChI=1S/C14H26N2O/c1-3-13(8-9-15)6-4-10-16(2)12-14-7-5-11-17-14/h5,7,11,13H,3-4,6,8-10,12,15H2,1-2H3. The van der Waals surface area contributed by atoms with E-state index in [9.17, 15) is 0 Å². The predicted molar refractivity (Wildman–Crippen MR) is 71.7 cm³/mol. The molecule has 0 bridgehead atoms. The van der Waals surface area contributed by atoms with Crippen molar-refractivity contribution in [3.63, 3.8) is 0 Å². The van der Waals surface area contributed by atoms with Crippen molar-refractivity contribution in [1.82, 2.24) is 4.90 Å². The number of rotatable bonds is 9. The summed E-state index contributed by atoms with van der Waals surface area (Å²) in [5.41, 5.74) is 5.60. The summed E-state index contributed by atoms with van der Waals surface area (Å²) >= 11 is 0. The van der Waals surface area contributed by atoms with E-state index in [1.165, 1.54) is 25.7 Å². The van der Waals surface area contributed by atoms with Gasteiger partial charge in [0.25, 0.3) is 0 Å². The monoisotopic (exact) mass is 238 g/mol. The van der Waals surface area contributed by atoms with Crippen molar-refractivity contribution in [3.8, 4) is 0 Å². The second kappa shape index (κ2) is 8.31. The molecule has 0 aliphatic rings. The molecule has 1 aromatic heterocycles. The molecule has 1 unspecified atom stereocenters. The van der Waals surface area contributed by atoms with Crippen molar-refractivity contribution >= 4 is 0 Å². The molecule has 1 rings (SSSR count). The highest BCUT2D eigenvalue weighted by Gasteiger charge is 2.07. The van der Waals surface area contributed by atoms with Crippen LogP contribution in [0.1, 0.15) is 38.4 Å². The molecule has 1 atom stereocenters. The highest BCUT2D eigenvalue weighted by molar-refractivity contribution is 4.97. The highest BCUT2D eigenvalue weighted by Crippen LogP contribution is 2.15. The SMILES string of the molecule is CCC(CCN)CCCN(C)Cc1ccco1. The molecule has 0 saturated heterocycles. The van der Waals surface area contributed by atoms with Gasteiger partial charge in [-0.3, -0.25) is 4.90 Å². The Kier molecular flexibility index (Phi) is 6.97. The first-order chi connectivity index (χ1) is 8.26. The van der Waals surface area contributed by atoms with Crippen LogP contribution in [0.15, 0.2) is 22.8 Å². The first-order valence-electron chi connectivity index (χ1n) is 6.67. The summed E-state index contributed by atoms with van der Waals surface area (Å²) in [6, 6.07) is 3.97. The molecule has 1 heterocycles. The van der Waals surface area contributed by atoms with E-state index in [1.54, 1.807) is 6.26 Å². The van der Waals surface area contributed by atoms with Gasteiger partial charge < -0.3 is 10.2 Å². The lowest BCUT2D eigenvalue weighted by Gasteiger charge is -2.18. The quantitative estimate of drug-likeness (QED) is 0.719. The maximum Gasteiger partial charge on any atom is 0.117 e. The third-order valence-corrected chi connectivity index (χ3v) is 3.31. The fourth-order valence-electron chi connectivity index (χ4n) is 2.19. The number of hydrogen-bond donors (Lipinski definition) is 1. The van der Waals surface area contributed by atoms with Gasteiger partial charge in [-0.1, -0.05) is 13.3 Å². The van der Waals surface area contributed by atoms with Gasteiger partial charge in [-0.15, -0.1) is 0 Å². The minimum absolute atomic E-state index is 0.803. The van der Waals surface area contributed by atoms with Gasteiger partial charge in [0, 0.05) is 0 Å². The fourth-order valence-corrected chi connectivity index (χ4v) is 2.19. The lowest BCUT2D eigenvalue weighted by atomic mass is 9.97. The van der Waals surface area contributed by atoms with Gasteiger partial charge in [0.2, 0.25) is 0 Å². The summed E-state index contributed by atoms with van der Waals surface area (Å²) < 4.78 is 5.33. The summed E-state index contributed by atoms with van der Waals surface area (Å²) in [4.78, 5) is 2.31. The molecule has 1 aromatic rings. The molecule has 98 valence electrons. The van der Waals surface area contributed by atoms with Gasteiger partial charge in [-0.05, 0) is 57.5 Å². The Morgan fingerprint density at radius 1 is 1.41 bits per heavy atom. The summed E-state index contributed by atoms with van der Waals surface area (Å²) in [6.45, 7) is 5.11. The topological polar surface area (TPSA) is 42.4 Å². The largest absolute Gasteiger partial charge is 0.468 e. The molecule has 3 heteroatoms. The molecular formula is C14H26N2O. The Morgan fingerprint density at radius 2 is 2.24 bits per heavy atom. The van der Waals surface area contributed by atoms with E-state index in [2.05, 4.69) is 18.9 Å². The molecule has 0 aliphatic carbocycles. The van der Waals surface area contributed by atoms with E-state index in [1.807, 2.05) is 12.1 Å². The summed E-state index contributed by atoms with van der Waals surface area (Å²) in [5, 5.41) is 0.